The van der Waals surface area contributed by atoms with Crippen molar-refractivity contribution in [2.45, 2.75) is 39.2 Å². The molecule has 3 rings (SSSR count). The number of anilines is 1. The zero-order valence-electron chi connectivity index (χ0n) is 16.0. The Morgan fingerprint density at radius 1 is 1.39 bits per heavy atom. The monoisotopic (exact) mass is 470 g/mol. The van der Waals surface area contributed by atoms with Crippen molar-refractivity contribution >= 4 is 55.8 Å². The van der Waals surface area contributed by atoms with E-state index in [-0.39, 0.29) is 24.2 Å². The van der Waals surface area contributed by atoms with Gasteiger partial charge >= 0.3 is 5.97 Å². The van der Waals surface area contributed by atoms with Crippen LogP contribution in [0.5, 0.6) is 0 Å². The molecule has 0 spiro atoms. The molecule has 0 radical (unpaired) electrons. The molecule has 10 heteroatoms. The molecule has 0 aliphatic carbocycles. The Hall–Kier alpha value is -1.94. The molecule has 1 aliphatic heterocycles. The van der Waals surface area contributed by atoms with Crippen molar-refractivity contribution in [3.05, 3.63) is 16.2 Å². The molecule has 152 valence electrons. The van der Waals surface area contributed by atoms with Gasteiger partial charge in [-0.15, -0.1) is 0 Å². The third-order valence-electron chi connectivity index (χ3n) is 4.95. The van der Waals surface area contributed by atoms with E-state index in [1.54, 1.807) is 11.1 Å². The third-order valence-corrected chi connectivity index (χ3v) is 6.43. The molecule has 1 unspecified atom stereocenters. The number of hydrogen-bond donors (Lipinski definition) is 1. The quantitative estimate of drug-likeness (QED) is 0.655. The van der Waals surface area contributed by atoms with Crippen LogP contribution in [0, 0.1) is 11.8 Å². The molecule has 2 atom stereocenters. The van der Waals surface area contributed by atoms with Gasteiger partial charge in [0.2, 0.25) is 11.8 Å². The van der Waals surface area contributed by atoms with Crippen LogP contribution in [-0.4, -0.2) is 51.8 Å². The number of halogens is 1. The average Bonchev–Trinajstić information content (AvgIpc) is 3.32. The van der Waals surface area contributed by atoms with Gasteiger partial charge in [-0.3, -0.25) is 18.8 Å². The molecule has 2 amide bonds. The first-order valence-electron chi connectivity index (χ1n) is 9.12. The van der Waals surface area contributed by atoms with Crippen LogP contribution in [0.1, 0.15) is 33.1 Å². The topological polar surface area (TPSA) is 93.0 Å². The van der Waals surface area contributed by atoms with E-state index in [0.717, 1.165) is 15.2 Å². The molecule has 0 aromatic carbocycles. The van der Waals surface area contributed by atoms with E-state index in [1.165, 1.54) is 18.4 Å². The van der Waals surface area contributed by atoms with Crippen molar-refractivity contribution in [2.75, 3.05) is 19.0 Å². The van der Waals surface area contributed by atoms with E-state index >= 15 is 0 Å². The Morgan fingerprint density at radius 3 is 2.79 bits per heavy atom. The van der Waals surface area contributed by atoms with E-state index in [0.29, 0.717) is 18.8 Å². The number of imidazole rings is 1. The van der Waals surface area contributed by atoms with E-state index in [2.05, 4.69) is 26.2 Å². The van der Waals surface area contributed by atoms with Crippen molar-refractivity contribution in [3.63, 3.8) is 0 Å². The summed E-state index contributed by atoms with van der Waals surface area (Å²) in [7, 11) is 1.31. The lowest BCUT2D eigenvalue weighted by atomic mass is 9.90. The number of likely N-dealkylation sites (tertiary alicyclic amines) is 1. The number of nitrogens with one attached hydrogen (secondary N) is 1. The number of amides is 2. The Kier molecular flexibility index (Phi) is 6.39. The normalized spacial score (nSPS) is 17.9. The van der Waals surface area contributed by atoms with E-state index in [1.807, 2.05) is 24.4 Å². The largest absolute Gasteiger partial charge is 0.469 e. The summed E-state index contributed by atoms with van der Waals surface area (Å²) in [6.45, 7) is 4.30. The van der Waals surface area contributed by atoms with Crippen molar-refractivity contribution in [1.82, 2.24) is 14.3 Å². The number of carbonyl (C=O) groups is 3. The fourth-order valence-electron chi connectivity index (χ4n) is 3.42. The Morgan fingerprint density at radius 2 is 2.14 bits per heavy atom. The summed E-state index contributed by atoms with van der Waals surface area (Å²) < 4.78 is 7.50. The van der Waals surface area contributed by atoms with Gasteiger partial charge in [0.1, 0.15) is 6.04 Å². The lowest BCUT2D eigenvalue weighted by Gasteiger charge is -2.29. The second-order valence-electron chi connectivity index (χ2n) is 7.16. The summed E-state index contributed by atoms with van der Waals surface area (Å²) in [5.41, 5.74) is 0. The summed E-state index contributed by atoms with van der Waals surface area (Å²) in [6.07, 6.45) is 4.97. The molecular weight excluding hydrogens is 448 g/mol. The highest BCUT2D eigenvalue weighted by molar-refractivity contribution is 9.11. The fraction of sp³-hybridized carbons (Fsp3) is 0.556. The Bertz CT molecular complexity index is 862. The lowest BCUT2D eigenvalue weighted by molar-refractivity contribution is -0.149. The number of carbonyl (C=O) groups excluding carboxylic acids is 3. The summed E-state index contributed by atoms with van der Waals surface area (Å²) in [5, 5.41) is 2.82. The number of hydrogen-bond acceptors (Lipinski definition) is 6. The van der Waals surface area contributed by atoms with Crippen LogP contribution < -0.4 is 5.32 Å². The van der Waals surface area contributed by atoms with Crippen LogP contribution in [0.15, 0.2) is 16.2 Å². The number of thiazole rings is 1. The van der Waals surface area contributed by atoms with Gasteiger partial charge in [-0.2, -0.15) is 0 Å². The molecule has 2 aromatic heterocycles. The number of aromatic nitrogens is 2. The van der Waals surface area contributed by atoms with Gasteiger partial charge in [-0.25, -0.2) is 4.98 Å². The van der Waals surface area contributed by atoms with Crippen LogP contribution in [0.2, 0.25) is 0 Å². The highest BCUT2D eigenvalue weighted by Gasteiger charge is 2.39. The van der Waals surface area contributed by atoms with Gasteiger partial charge in [0.15, 0.2) is 10.8 Å². The Labute approximate surface area is 175 Å². The van der Waals surface area contributed by atoms with Crippen LogP contribution in [0.25, 0.3) is 4.96 Å². The average molecular weight is 471 g/mol. The number of fused-ring (bicyclic) bond motifs is 1. The molecule has 0 bridgehead atoms. The fourth-order valence-corrected chi connectivity index (χ4v) is 4.77. The molecule has 2 aromatic rings. The second-order valence-corrected chi connectivity index (χ2v) is 9.55. The van der Waals surface area contributed by atoms with Crippen molar-refractivity contribution in [2.24, 2.45) is 11.8 Å². The zero-order chi connectivity index (χ0) is 20.4. The van der Waals surface area contributed by atoms with Crippen LogP contribution in [-0.2, 0) is 19.1 Å². The van der Waals surface area contributed by atoms with Crippen molar-refractivity contribution in [1.29, 1.82) is 0 Å². The molecular formula is C18H23BrN4O4S. The molecule has 0 saturated carbocycles. The van der Waals surface area contributed by atoms with Gasteiger partial charge in [-0.1, -0.05) is 25.2 Å². The maximum atomic E-state index is 13.1. The van der Waals surface area contributed by atoms with Crippen molar-refractivity contribution < 1.29 is 19.1 Å². The van der Waals surface area contributed by atoms with Crippen LogP contribution in [0.4, 0.5) is 5.82 Å². The van der Waals surface area contributed by atoms with Gasteiger partial charge in [-0.05, 0) is 34.7 Å². The number of nitrogens with zero attached hydrogens (tertiary/aromatic N) is 3. The summed E-state index contributed by atoms with van der Waals surface area (Å²) in [5.74, 6) is -0.927. The first-order chi connectivity index (χ1) is 13.3. The lowest BCUT2D eigenvalue weighted by Crippen LogP contribution is -2.47. The van der Waals surface area contributed by atoms with Gasteiger partial charge in [0, 0.05) is 12.7 Å². The van der Waals surface area contributed by atoms with E-state index in [4.69, 9.17) is 4.74 Å². The molecule has 28 heavy (non-hydrogen) atoms. The zero-order valence-corrected chi connectivity index (χ0v) is 18.4. The summed E-state index contributed by atoms with van der Waals surface area (Å²) in [4.78, 5) is 44.3. The Balaban J connectivity index is 1.71. The first-order valence-corrected chi connectivity index (χ1v) is 10.7. The minimum atomic E-state index is -0.558. The third kappa shape index (κ3) is 4.38. The standard InChI is InChI=1S/C18H23BrN4O4S/c1-10(2)11(7-15(24)27-3)17(26)23-6-4-5-12(23)16(25)20-14-9-22-8-13(19)28-18(22)21-14/h8-12H,4-7H2,1-3H3,(H,20,25)/t11-,12?/m0/s1. The highest BCUT2D eigenvalue weighted by Crippen LogP contribution is 2.27. The van der Waals surface area contributed by atoms with Gasteiger partial charge in [0.05, 0.1) is 29.4 Å². The summed E-state index contributed by atoms with van der Waals surface area (Å²) >= 11 is 4.86. The summed E-state index contributed by atoms with van der Waals surface area (Å²) in [6, 6.07) is -0.558. The molecule has 1 saturated heterocycles. The smallest absolute Gasteiger partial charge is 0.306 e. The van der Waals surface area contributed by atoms with E-state index in [9.17, 15) is 14.4 Å². The predicted molar refractivity (Wildman–Crippen MR) is 109 cm³/mol. The van der Waals surface area contributed by atoms with Crippen LogP contribution in [0.3, 0.4) is 0 Å². The molecule has 8 nitrogen and oxygen atoms in total. The molecule has 1 fully saturated rings. The van der Waals surface area contributed by atoms with E-state index < -0.39 is 17.9 Å². The maximum absolute atomic E-state index is 13.1. The SMILES string of the molecule is COC(=O)C[C@H](C(=O)N1CCCC1C(=O)Nc1cn2cc(Br)sc2n1)C(C)C. The van der Waals surface area contributed by atoms with Gasteiger partial charge < -0.3 is 15.0 Å². The first kappa shape index (κ1) is 20.8. The number of esters is 1. The molecule has 1 aliphatic rings. The maximum Gasteiger partial charge on any atom is 0.306 e. The molecule has 3 heterocycles. The van der Waals surface area contributed by atoms with Gasteiger partial charge in [0.25, 0.3) is 0 Å². The number of ether oxygens (including phenoxy) is 1. The molecule has 1 N–H and O–H groups in total. The second kappa shape index (κ2) is 8.60. The highest BCUT2D eigenvalue weighted by atomic mass is 79.9. The van der Waals surface area contributed by atoms with Crippen LogP contribution >= 0.6 is 27.3 Å². The minimum absolute atomic E-state index is 0.0179. The van der Waals surface area contributed by atoms with Crippen molar-refractivity contribution in [3.8, 4) is 0 Å². The minimum Gasteiger partial charge on any atom is -0.469 e. The predicted octanol–water partition coefficient (Wildman–Crippen LogP) is 2.92. The number of rotatable bonds is 6. The number of methoxy groups -OCH3 is 1.